The molecule has 0 radical (unpaired) electrons. The molecule has 2 atom stereocenters. The van der Waals surface area contributed by atoms with Gasteiger partial charge in [-0.05, 0) is 31.0 Å². The van der Waals surface area contributed by atoms with E-state index in [1.54, 1.807) is 7.11 Å². The summed E-state index contributed by atoms with van der Waals surface area (Å²) in [6, 6.07) is 7.01. The van der Waals surface area contributed by atoms with Crippen LogP contribution in [0.25, 0.3) is 0 Å². The first-order valence-electron chi connectivity index (χ1n) is 6.28. The number of rotatable bonds is 7. The predicted octanol–water partition coefficient (Wildman–Crippen LogP) is 4.68. The fraction of sp³-hybridized carbons (Fsp3) is 0.571. The van der Waals surface area contributed by atoms with Crippen LogP contribution >= 0.6 is 31.9 Å². The number of nitrogens with one attached hydrogen (secondary N) is 1. The van der Waals surface area contributed by atoms with Crippen LogP contribution in [0.5, 0.6) is 0 Å². The fourth-order valence-corrected chi connectivity index (χ4v) is 3.45. The molecule has 0 aliphatic heterocycles. The van der Waals surface area contributed by atoms with E-state index in [9.17, 15) is 0 Å². The Balaban J connectivity index is 2.70. The third-order valence-corrected chi connectivity index (χ3v) is 4.10. The number of ether oxygens (including phenoxy) is 1. The van der Waals surface area contributed by atoms with Crippen LogP contribution in [-0.2, 0) is 4.74 Å². The van der Waals surface area contributed by atoms with E-state index in [4.69, 9.17) is 4.74 Å². The van der Waals surface area contributed by atoms with Gasteiger partial charge in [0.05, 0.1) is 6.61 Å². The quantitative estimate of drug-likeness (QED) is 0.743. The lowest BCUT2D eigenvalue weighted by Crippen LogP contribution is -2.35. The van der Waals surface area contributed by atoms with Gasteiger partial charge in [0.25, 0.3) is 0 Å². The first-order valence-corrected chi connectivity index (χ1v) is 7.87. The van der Waals surface area contributed by atoms with Crippen LogP contribution in [0.1, 0.15) is 38.3 Å². The van der Waals surface area contributed by atoms with Crippen molar-refractivity contribution in [2.24, 2.45) is 0 Å². The van der Waals surface area contributed by atoms with Gasteiger partial charge in [-0.15, -0.1) is 0 Å². The highest BCUT2D eigenvalue weighted by atomic mass is 79.9. The second kappa shape index (κ2) is 8.31. The molecule has 4 heteroatoms. The van der Waals surface area contributed by atoms with Crippen LogP contribution in [-0.4, -0.2) is 19.8 Å². The highest BCUT2D eigenvalue weighted by molar-refractivity contribution is 9.11. The second-order valence-corrected chi connectivity index (χ2v) is 6.27. The Morgan fingerprint density at radius 3 is 2.61 bits per heavy atom. The zero-order chi connectivity index (χ0) is 13.5. The minimum Gasteiger partial charge on any atom is -0.383 e. The van der Waals surface area contributed by atoms with Crippen LogP contribution in [0.15, 0.2) is 27.1 Å². The van der Waals surface area contributed by atoms with Crippen LogP contribution in [0, 0.1) is 0 Å². The maximum absolute atomic E-state index is 5.26. The maximum atomic E-state index is 5.26. The van der Waals surface area contributed by atoms with E-state index in [0.29, 0.717) is 12.1 Å². The van der Waals surface area contributed by atoms with Crippen molar-refractivity contribution in [1.29, 1.82) is 0 Å². The average molecular weight is 379 g/mol. The summed E-state index contributed by atoms with van der Waals surface area (Å²) >= 11 is 7.09. The summed E-state index contributed by atoms with van der Waals surface area (Å²) in [5, 5.41) is 3.63. The molecule has 0 heterocycles. The summed E-state index contributed by atoms with van der Waals surface area (Å²) in [4.78, 5) is 0. The molecule has 2 nitrogen and oxygen atoms in total. The molecule has 0 fully saturated rings. The fourth-order valence-electron chi connectivity index (χ4n) is 2.06. The van der Waals surface area contributed by atoms with E-state index >= 15 is 0 Å². The van der Waals surface area contributed by atoms with Crippen LogP contribution < -0.4 is 5.32 Å². The normalized spacial score (nSPS) is 14.5. The largest absolute Gasteiger partial charge is 0.383 e. The van der Waals surface area contributed by atoms with Crippen molar-refractivity contribution in [3.63, 3.8) is 0 Å². The Kier molecular flexibility index (Phi) is 7.46. The lowest BCUT2D eigenvalue weighted by Gasteiger charge is -2.23. The van der Waals surface area contributed by atoms with Gasteiger partial charge < -0.3 is 10.1 Å². The van der Waals surface area contributed by atoms with Gasteiger partial charge in [-0.25, -0.2) is 0 Å². The average Bonchev–Trinajstić information content (AvgIpc) is 2.29. The molecular weight excluding hydrogens is 358 g/mol. The van der Waals surface area contributed by atoms with Gasteiger partial charge >= 0.3 is 0 Å². The predicted molar refractivity (Wildman–Crippen MR) is 84.0 cm³/mol. The smallest absolute Gasteiger partial charge is 0.0616 e. The highest BCUT2D eigenvalue weighted by Crippen LogP contribution is 2.27. The van der Waals surface area contributed by atoms with Gasteiger partial charge in [0, 0.05) is 28.1 Å². The van der Waals surface area contributed by atoms with Gasteiger partial charge in [0.2, 0.25) is 0 Å². The zero-order valence-electron chi connectivity index (χ0n) is 11.2. The Hall–Kier alpha value is 0.1000. The first kappa shape index (κ1) is 16.2. The van der Waals surface area contributed by atoms with Crippen LogP contribution in [0.3, 0.4) is 0 Å². The minimum absolute atomic E-state index is 0.305. The second-order valence-electron chi connectivity index (χ2n) is 4.50. The number of hydrogen-bond acceptors (Lipinski definition) is 2. The molecule has 2 unspecified atom stereocenters. The van der Waals surface area contributed by atoms with Gasteiger partial charge in [0.15, 0.2) is 0 Å². The van der Waals surface area contributed by atoms with Crippen molar-refractivity contribution in [3.05, 3.63) is 32.7 Å². The van der Waals surface area contributed by atoms with E-state index in [-0.39, 0.29) is 0 Å². The lowest BCUT2D eigenvalue weighted by atomic mass is 10.1. The van der Waals surface area contributed by atoms with Gasteiger partial charge in [-0.2, -0.15) is 0 Å². The van der Waals surface area contributed by atoms with Gasteiger partial charge in [-0.3, -0.25) is 0 Å². The molecule has 18 heavy (non-hydrogen) atoms. The van der Waals surface area contributed by atoms with E-state index in [1.807, 2.05) is 0 Å². The van der Waals surface area contributed by atoms with Crippen molar-refractivity contribution in [1.82, 2.24) is 5.32 Å². The molecule has 0 saturated carbocycles. The maximum Gasteiger partial charge on any atom is 0.0616 e. The zero-order valence-corrected chi connectivity index (χ0v) is 14.3. The summed E-state index contributed by atoms with van der Waals surface area (Å²) in [7, 11) is 1.75. The molecule has 0 aromatic heterocycles. The summed E-state index contributed by atoms with van der Waals surface area (Å²) < 4.78 is 7.48. The topological polar surface area (TPSA) is 21.3 Å². The molecular formula is C14H21Br2NO. The lowest BCUT2D eigenvalue weighted by molar-refractivity contribution is 0.157. The van der Waals surface area contributed by atoms with Gasteiger partial charge in [-0.1, -0.05) is 51.3 Å². The van der Waals surface area contributed by atoms with E-state index < -0.39 is 0 Å². The Morgan fingerprint density at radius 1 is 1.33 bits per heavy atom. The summed E-state index contributed by atoms with van der Waals surface area (Å²) in [6.07, 6.45) is 2.29. The number of benzene rings is 1. The molecule has 102 valence electrons. The Bertz CT molecular complexity index is 365. The molecule has 0 amide bonds. The molecule has 0 spiro atoms. The molecule has 0 aliphatic carbocycles. The van der Waals surface area contributed by atoms with Crippen molar-refractivity contribution in [3.8, 4) is 0 Å². The molecule has 0 aliphatic rings. The molecule has 1 N–H and O–H groups in total. The SMILES string of the molecule is CCCC(COC)NC(C)c1ccc(Br)cc1Br. The first-order chi connectivity index (χ1) is 8.58. The highest BCUT2D eigenvalue weighted by Gasteiger charge is 2.14. The van der Waals surface area contributed by atoms with E-state index in [2.05, 4.69) is 69.2 Å². The van der Waals surface area contributed by atoms with E-state index in [0.717, 1.165) is 28.4 Å². The summed E-state index contributed by atoms with van der Waals surface area (Å²) in [5.41, 5.74) is 1.27. The third kappa shape index (κ3) is 5.00. The third-order valence-electron chi connectivity index (χ3n) is 2.92. The number of methoxy groups -OCH3 is 1. The molecule has 0 saturated heterocycles. The molecule has 1 rings (SSSR count). The number of halogens is 2. The van der Waals surface area contributed by atoms with Gasteiger partial charge in [0.1, 0.15) is 0 Å². The molecule has 1 aromatic rings. The van der Waals surface area contributed by atoms with Crippen molar-refractivity contribution >= 4 is 31.9 Å². The van der Waals surface area contributed by atoms with E-state index in [1.165, 1.54) is 5.56 Å². The number of hydrogen-bond donors (Lipinski definition) is 1. The molecule has 1 aromatic carbocycles. The molecule has 0 bridgehead atoms. The summed E-state index contributed by atoms with van der Waals surface area (Å²) in [5.74, 6) is 0. The Morgan fingerprint density at radius 2 is 2.06 bits per heavy atom. The summed E-state index contributed by atoms with van der Waals surface area (Å²) in [6.45, 7) is 5.14. The van der Waals surface area contributed by atoms with Crippen LogP contribution in [0.2, 0.25) is 0 Å². The monoisotopic (exact) mass is 377 g/mol. The standard InChI is InChI=1S/C14H21Br2NO/c1-4-5-12(9-18-3)17-10(2)13-7-6-11(15)8-14(13)16/h6-8,10,12,17H,4-5,9H2,1-3H3. The Labute approximate surface area is 127 Å². The van der Waals surface area contributed by atoms with Crippen molar-refractivity contribution in [2.45, 2.75) is 38.8 Å². The van der Waals surface area contributed by atoms with Crippen molar-refractivity contribution < 1.29 is 4.74 Å². The van der Waals surface area contributed by atoms with Crippen LogP contribution in [0.4, 0.5) is 0 Å². The minimum atomic E-state index is 0.305. The van der Waals surface area contributed by atoms with Crippen molar-refractivity contribution in [2.75, 3.05) is 13.7 Å².